The molecular weight excluding hydrogens is 347 g/mol. The Hall–Kier alpha value is -1.61. The van der Waals surface area contributed by atoms with Gasteiger partial charge in [-0.05, 0) is 45.9 Å². The number of amides is 1. The number of nitrogens with one attached hydrogen (secondary N) is 1. The van der Waals surface area contributed by atoms with Crippen molar-refractivity contribution in [1.29, 1.82) is 0 Å². The first-order chi connectivity index (χ1) is 10.6. The maximum Gasteiger partial charge on any atom is 0.416 e. The van der Waals surface area contributed by atoms with E-state index in [-0.39, 0.29) is 5.69 Å². The van der Waals surface area contributed by atoms with E-state index in [1.165, 1.54) is 26.8 Å². The molecule has 1 atom stereocenters. The van der Waals surface area contributed by atoms with Crippen LogP contribution in [0.3, 0.4) is 0 Å². The van der Waals surface area contributed by atoms with Gasteiger partial charge in [-0.15, -0.1) is 0 Å². The fourth-order valence-electron chi connectivity index (χ4n) is 1.69. The van der Waals surface area contributed by atoms with Gasteiger partial charge in [0.25, 0.3) is 5.91 Å². The largest absolute Gasteiger partial charge is 0.416 e. The fourth-order valence-corrected chi connectivity index (χ4v) is 3.00. The molecule has 0 radical (unpaired) electrons. The van der Waals surface area contributed by atoms with Crippen molar-refractivity contribution in [1.82, 2.24) is 0 Å². The molecule has 1 aromatic rings. The normalized spacial score (nSPS) is 15.7. The Kier molecular flexibility index (Phi) is 5.42. The first-order valence-electron chi connectivity index (χ1n) is 7.00. The summed E-state index contributed by atoms with van der Waals surface area (Å²) in [4.78, 5) is 12.1. The second kappa shape index (κ2) is 6.36. The van der Waals surface area contributed by atoms with Crippen LogP contribution >= 0.6 is 0 Å². The summed E-state index contributed by atoms with van der Waals surface area (Å²) in [5, 5.41) is 12.3. The smallest absolute Gasteiger partial charge is 0.379 e. The maximum atomic E-state index is 12.7. The molecule has 24 heavy (non-hydrogen) atoms. The van der Waals surface area contributed by atoms with E-state index in [9.17, 15) is 31.5 Å². The van der Waals surface area contributed by atoms with Gasteiger partial charge in [0.15, 0.2) is 15.4 Å². The summed E-state index contributed by atoms with van der Waals surface area (Å²) in [6.07, 6.45) is -4.58. The average molecular weight is 367 g/mol. The SMILES string of the molecule is CC(C)(C)S(=O)(=O)C[C@](C)(O)C(=O)Nc1cccc(C(F)(F)F)c1. The zero-order valence-electron chi connectivity index (χ0n) is 13.7. The molecule has 0 aromatic heterocycles. The van der Waals surface area contributed by atoms with Gasteiger partial charge in [-0.2, -0.15) is 13.2 Å². The van der Waals surface area contributed by atoms with E-state index in [1.54, 1.807) is 0 Å². The molecule has 0 saturated heterocycles. The summed E-state index contributed by atoms with van der Waals surface area (Å²) in [5.41, 5.74) is -3.45. The number of halogens is 3. The first kappa shape index (κ1) is 20.4. The number of benzene rings is 1. The number of anilines is 1. The van der Waals surface area contributed by atoms with Crippen LogP contribution in [0, 0.1) is 0 Å². The third-order valence-electron chi connectivity index (χ3n) is 3.34. The number of carbonyl (C=O) groups excluding carboxylic acids is 1. The molecule has 0 aliphatic rings. The second-order valence-corrected chi connectivity index (χ2v) is 9.42. The van der Waals surface area contributed by atoms with Crippen LogP contribution in [0.25, 0.3) is 0 Å². The predicted octanol–water partition coefficient (Wildman–Crippen LogP) is 2.61. The highest BCUT2D eigenvalue weighted by molar-refractivity contribution is 7.92. The number of sulfone groups is 1. The van der Waals surface area contributed by atoms with E-state index in [2.05, 4.69) is 5.32 Å². The van der Waals surface area contributed by atoms with Gasteiger partial charge in [-0.3, -0.25) is 4.79 Å². The molecule has 1 amide bonds. The second-order valence-electron chi connectivity index (χ2n) is 6.68. The van der Waals surface area contributed by atoms with Crippen molar-refractivity contribution < 1.29 is 31.5 Å². The summed E-state index contributed by atoms with van der Waals surface area (Å²) in [5.74, 6) is -1.96. The Labute approximate surface area is 138 Å². The van der Waals surface area contributed by atoms with Crippen LogP contribution in [0.15, 0.2) is 24.3 Å². The fraction of sp³-hybridized carbons (Fsp3) is 0.533. The molecule has 0 spiro atoms. The van der Waals surface area contributed by atoms with Crippen LogP contribution in [0.1, 0.15) is 33.3 Å². The van der Waals surface area contributed by atoms with Gasteiger partial charge in [0.05, 0.1) is 16.1 Å². The third-order valence-corrected chi connectivity index (χ3v) is 6.15. The van der Waals surface area contributed by atoms with Crippen LogP contribution in [0.2, 0.25) is 0 Å². The Bertz CT molecular complexity index is 719. The standard InChI is InChI=1S/C15H20F3NO4S/c1-13(2,3)24(22,23)9-14(4,21)12(20)19-11-7-5-6-10(8-11)15(16,17)18/h5-8,21H,9H2,1-4H3,(H,19,20)/t14-/m0/s1. The molecule has 1 rings (SSSR count). The molecular formula is C15H20F3NO4S. The Morgan fingerprint density at radius 3 is 2.17 bits per heavy atom. The lowest BCUT2D eigenvalue weighted by molar-refractivity contribution is -0.137. The summed E-state index contributed by atoms with van der Waals surface area (Å²) in [6.45, 7) is 5.26. The Balaban J connectivity index is 2.99. The topological polar surface area (TPSA) is 83.5 Å². The summed E-state index contributed by atoms with van der Waals surface area (Å²) >= 11 is 0. The number of rotatable bonds is 4. The van der Waals surface area contributed by atoms with Crippen molar-refractivity contribution >= 4 is 21.4 Å². The van der Waals surface area contributed by atoms with Crippen molar-refractivity contribution in [3.63, 3.8) is 0 Å². The number of aliphatic hydroxyl groups is 1. The quantitative estimate of drug-likeness (QED) is 0.857. The molecule has 136 valence electrons. The summed E-state index contributed by atoms with van der Waals surface area (Å²) in [6, 6.07) is 3.84. The molecule has 0 unspecified atom stereocenters. The lowest BCUT2D eigenvalue weighted by Crippen LogP contribution is -2.49. The minimum absolute atomic E-state index is 0.191. The van der Waals surface area contributed by atoms with Crippen molar-refractivity contribution in [2.24, 2.45) is 0 Å². The lowest BCUT2D eigenvalue weighted by Gasteiger charge is -2.27. The van der Waals surface area contributed by atoms with Crippen LogP contribution in [0.5, 0.6) is 0 Å². The molecule has 0 saturated carbocycles. The van der Waals surface area contributed by atoms with Crippen LogP contribution in [0.4, 0.5) is 18.9 Å². The van der Waals surface area contributed by atoms with Gasteiger partial charge in [-0.1, -0.05) is 6.07 Å². The van der Waals surface area contributed by atoms with E-state index in [0.29, 0.717) is 6.07 Å². The number of carbonyl (C=O) groups is 1. The van der Waals surface area contributed by atoms with Crippen LogP contribution in [-0.4, -0.2) is 35.5 Å². The number of hydrogen-bond acceptors (Lipinski definition) is 4. The Morgan fingerprint density at radius 1 is 1.17 bits per heavy atom. The van der Waals surface area contributed by atoms with Gasteiger partial charge >= 0.3 is 6.18 Å². The predicted molar refractivity (Wildman–Crippen MR) is 84.2 cm³/mol. The lowest BCUT2D eigenvalue weighted by atomic mass is 10.1. The highest BCUT2D eigenvalue weighted by atomic mass is 32.2. The average Bonchev–Trinajstić information content (AvgIpc) is 2.35. The minimum Gasteiger partial charge on any atom is -0.379 e. The third kappa shape index (κ3) is 4.94. The minimum atomic E-state index is -4.58. The van der Waals surface area contributed by atoms with Crippen LogP contribution < -0.4 is 5.32 Å². The number of hydrogen-bond donors (Lipinski definition) is 2. The molecule has 9 heteroatoms. The van der Waals surface area contributed by atoms with E-state index in [4.69, 9.17) is 0 Å². The molecule has 0 aliphatic carbocycles. The van der Waals surface area contributed by atoms with Crippen molar-refractivity contribution in [3.8, 4) is 0 Å². The van der Waals surface area contributed by atoms with Crippen molar-refractivity contribution in [2.45, 2.75) is 44.2 Å². The van der Waals surface area contributed by atoms with Crippen molar-refractivity contribution in [2.75, 3.05) is 11.1 Å². The van der Waals surface area contributed by atoms with Gasteiger partial charge < -0.3 is 10.4 Å². The van der Waals surface area contributed by atoms with E-state index in [1.807, 2.05) is 0 Å². The zero-order valence-corrected chi connectivity index (χ0v) is 14.5. The maximum absolute atomic E-state index is 12.7. The Morgan fingerprint density at radius 2 is 1.71 bits per heavy atom. The molecule has 0 fully saturated rings. The first-order valence-corrected chi connectivity index (χ1v) is 8.65. The van der Waals surface area contributed by atoms with E-state index >= 15 is 0 Å². The summed E-state index contributed by atoms with van der Waals surface area (Å²) < 4.78 is 61.0. The molecule has 5 nitrogen and oxygen atoms in total. The van der Waals surface area contributed by atoms with Crippen molar-refractivity contribution in [3.05, 3.63) is 29.8 Å². The highest BCUT2D eigenvalue weighted by Crippen LogP contribution is 2.31. The van der Waals surface area contributed by atoms with E-state index < -0.39 is 43.6 Å². The molecule has 1 aromatic carbocycles. The van der Waals surface area contributed by atoms with E-state index in [0.717, 1.165) is 19.1 Å². The molecule has 2 N–H and O–H groups in total. The monoisotopic (exact) mass is 367 g/mol. The summed E-state index contributed by atoms with van der Waals surface area (Å²) in [7, 11) is -3.81. The van der Waals surface area contributed by atoms with Gasteiger partial charge in [-0.25, -0.2) is 8.42 Å². The van der Waals surface area contributed by atoms with Gasteiger partial charge in [0.1, 0.15) is 0 Å². The molecule has 0 heterocycles. The van der Waals surface area contributed by atoms with Gasteiger partial charge in [0.2, 0.25) is 0 Å². The molecule has 0 aliphatic heterocycles. The molecule has 0 bridgehead atoms. The highest BCUT2D eigenvalue weighted by Gasteiger charge is 2.41. The zero-order chi connectivity index (χ0) is 19.0. The van der Waals surface area contributed by atoms with Gasteiger partial charge in [0, 0.05) is 5.69 Å². The number of alkyl halides is 3. The van der Waals surface area contributed by atoms with Crippen LogP contribution in [-0.2, 0) is 20.8 Å².